The van der Waals surface area contributed by atoms with Gasteiger partial charge in [0.15, 0.2) is 0 Å². The summed E-state index contributed by atoms with van der Waals surface area (Å²) in [6, 6.07) is 3.82. The summed E-state index contributed by atoms with van der Waals surface area (Å²) in [4.78, 5) is 17.1. The molecule has 140 valence electrons. The number of hydrogen-bond acceptors (Lipinski definition) is 4. The molecular formula is C19H31N3O3. The van der Waals surface area contributed by atoms with Gasteiger partial charge in [0.05, 0.1) is 19.3 Å². The van der Waals surface area contributed by atoms with Crippen molar-refractivity contribution in [3.05, 3.63) is 24.0 Å². The first kappa shape index (κ1) is 18.4. The number of hydrogen-bond donors (Lipinski definition) is 0. The quantitative estimate of drug-likeness (QED) is 0.732. The molecule has 0 saturated carbocycles. The number of aromatic nitrogens is 1. The maximum Gasteiger partial charge on any atom is 0.270 e. The highest BCUT2D eigenvalue weighted by Crippen LogP contribution is 2.40. The minimum Gasteiger partial charge on any atom is -0.379 e. The number of rotatable bonds is 6. The molecule has 1 aromatic rings. The summed E-state index contributed by atoms with van der Waals surface area (Å²) in [5, 5.41) is 0. The zero-order valence-electron chi connectivity index (χ0n) is 15.7. The number of carbonyl (C=O) groups is 1. The van der Waals surface area contributed by atoms with Gasteiger partial charge in [0.1, 0.15) is 5.69 Å². The van der Waals surface area contributed by atoms with Crippen molar-refractivity contribution >= 4 is 5.91 Å². The summed E-state index contributed by atoms with van der Waals surface area (Å²) in [6.45, 7) is 4.61. The van der Waals surface area contributed by atoms with Gasteiger partial charge >= 0.3 is 0 Å². The van der Waals surface area contributed by atoms with Gasteiger partial charge < -0.3 is 23.8 Å². The lowest BCUT2D eigenvalue weighted by molar-refractivity contribution is -0.147. The summed E-state index contributed by atoms with van der Waals surface area (Å²) in [6.07, 6.45) is 5.13. The SMILES string of the molecule is CN(C)CCOCC12CCCOC1CCN(C(=O)c1cccn1C)C2. The predicted molar refractivity (Wildman–Crippen MR) is 96.7 cm³/mol. The zero-order valence-corrected chi connectivity index (χ0v) is 15.7. The van der Waals surface area contributed by atoms with Crippen LogP contribution in [0.2, 0.25) is 0 Å². The Labute approximate surface area is 150 Å². The first-order valence-corrected chi connectivity index (χ1v) is 9.26. The van der Waals surface area contributed by atoms with Crippen LogP contribution in [0.3, 0.4) is 0 Å². The lowest BCUT2D eigenvalue weighted by atomic mass is 9.73. The zero-order chi connectivity index (χ0) is 17.9. The molecule has 0 aromatic carbocycles. The van der Waals surface area contributed by atoms with Crippen LogP contribution < -0.4 is 0 Å². The third kappa shape index (κ3) is 4.07. The summed E-state index contributed by atoms with van der Waals surface area (Å²) in [7, 11) is 6.02. The topological polar surface area (TPSA) is 46.9 Å². The van der Waals surface area contributed by atoms with E-state index in [0.29, 0.717) is 13.2 Å². The van der Waals surface area contributed by atoms with E-state index in [1.807, 2.05) is 34.8 Å². The average molecular weight is 349 g/mol. The van der Waals surface area contributed by atoms with E-state index in [0.717, 1.165) is 51.2 Å². The van der Waals surface area contributed by atoms with Crippen LogP contribution in [0, 0.1) is 5.41 Å². The first-order valence-electron chi connectivity index (χ1n) is 9.26. The number of ether oxygens (including phenoxy) is 2. The molecule has 25 heavy (non-hydrogen) atoms. The molecule has 6 nitrogen and oxygen atoms in total. The molecular weight excluding hydrogens is 318 g/mol. The minimum atomic E-state index is -0.0658. The second-order valence-corrected chi connectivity index (χ2v) is 7.70. The lowest BCUT2D eigenvalue weighted by Gasteiger charge is -2.50. The Morgan fingerprint density at radius 3 is 3.04 bits per heavy atom. The molecule has 0 bridgehead atoms. The van der Waals surface area contributed by atoms with E-state index in [-0.39, 0.29) is 17.4 Å². The van der Waals surface area contributed by atoms with Crippen LogP contribution in [0.25, 0.3) is 0 Å². The fourth-order valence-electron chi connectivity index (χ4n) is 4.04. The Hall–Kier alpha value is -1.37. The molecule has 2 unspecified atom stereocenters. The molecule has 2 atom stereocenters. The molecule has 6 heteroatoms. The van der Waals surface area contributed by atoms with E-state index >= 15 is 0 Å². The fourth-order valence-corrected chi connectivity index (χ4v) is 4.04. The standard InChI is InChI=1S/C19H31N3O3/c1-20(2)11-13-24-15-19-8-5-12-25-17(19)7-10-22(14-19)18(23)16-6-4-9-21(16)3/h4,6,9,17H,5,7-8,10-15H2,1-3H3. The highest BCUT2D eigenvalue weighted by molar-refractivity contribution is 5.92. The largest absolute Gasteiger partial charge is 0.379 e. The van der Waals surface area contributed by atoms with Crippen LogP contribution >= 0.6 is 0 Å². The van der Waals surface area contributed by atoms with E-state index in [1.165, 1.54) is 0 Å². The Bertz CT molecular complexity index is 586. The Morgan fingerprint density at radius 1 is 1.48 bits per heavy atom. The number of piperidine rings is 1. The first-order chi connectivity index (χ1) is 12.0. The van der Waals surface area contributed by atoms with E-state index in [9.17, 15) is 4.79 Å². The third-order valence-electron chi connectivity index (χ3n) is 5.51. The van der Waals surface area contributed by atoms with Crippen molar-refractivity contribution < 1.29 is 14.3 Å². The van der Waals surface area contributed by atoms with Crippen LogP contribution in [-0.2, 0) is 16.5 Å². The third-order valence-corrected chi connectivity index (χ3v) is 5.51. The van der Waals surface area contributed by atoms with Crippen molar-refractivity contribution in [2.24, 2.45) is 12.5 Å². The van der Waals surface area contributed by atoms with Crippen molar-refractivity contribution in [1.82, 2.24) is 14.4 Å². The average Bonchev–Trinajstić information content (AvgIpc) is 3.03. The van der Waals surface area contributed by atoms with E-state index in [1.54, 1.807) is 0 Å². The second kappa shape index (κ2) is 7.89. The predicted octanol–water partition coefficient (Wildman–Crippen LogP) is 1.61. The van der Waals surface area contributed by atoms with Crippen molar-refractivity contribution in [2.75, 3.05) is 53.6 Å². The van der Waals surface area contributed by atoms with Crippen molar-refractivity contribution in [3.63, 3.8) is 0 Å². The molecule has 2 aliphatic heterocycles. The summed E-state index contributed by atoms with van der Waals surface area (Å²) in [5.74, 6) is 0.115. The monoisotopic (exact) mass is 349 g/mol. The molecule has 1 aromatic heterocycles. The van der Waals surface area contributed by atoms with Crippen molar-refractivity contribution in [3.8, 4) is 0 Å². The molecule has 1 amide bonds. The van der Waals surface area contributed by atoms with Crippen LogP contribution in [-0.4, -0.2) is 79.9 Å². The fraction of sp³-hybridized carbons (Fsp3) is 0.737. The highest BCUT2D eigenvalue weighted by atomic mass is 16.5. The molecule has 0 spiro atoms. The van der Waals surface area contributed by atoms with Gasteiger partial charge in [0, 0.05) is 44.9 Å². The number of likely N-dealkylation sites (N-methyl/N-ethyl adjacent to an activating group) is 1. The van der Waals surface area contributed by atoms with Crippen LogP contribution in [0.5, 0.6) is 0 Å². The van der Waals surface area contributed by atoms with E-state index < -0.39 is 0 Å². The normalized spacial score (nSPS) is 26.7. The number of nitrogens with zero attached hydrogens (tertiary/aromatic N) is 3. The summed E-state index contributed by atoms with van der Waals surface area (Å²) >= 11 is 0. The Balaban J connectivity index is 1.68. The molecule has 0 N–H and O–H groups in total. The molecule has 2 fully saturated rings. The smallest absolute Gasteiger partial charge is 0.270 e. The van der Waals surface area contributed by atoms with Crippen LogP contribution in [0.1, 0.15) is 29.8 Å². The summed E-state index contributed by atoms with van der Waals surface area (Å²) < 4.78 is 14.0. The number of amides is 1. The Morgan fingerprint density at radius 2 is 2.32 bits per heavy atom. The number of fused-ring (bicyclic) bond motifs is 1. The number of aryl methyl sites for hydroxylation is 1. The van der Waals surface area contributed by atoms with Gasteiger partial charge in [-0.1, -0.05) is 0 Å². The number of likely N-dealkylation sites (tertiary alicyclic amines) is 1. The van der Waals surface area contributed by atoms with Gasteiger partial charge in [-0.3, -0.25) is 4.79 Å². The molecule has 0 aliphatic carbocycles. The van der Waals surface area contributed by atoms with Crippen LogP contribution in [0.4, 0.5) is 0 Å². The Kier molecular flexibility index (Phi) is 5.81. The molecule has 3 heterocycles. The van der Waals surface area contributed by atoms with Gasteiger partial charge in [-0.05, 0) is 45.5 Å². The van der Waals surface area contributed by atoms with Crippen molar-refractivity contribution in [1.29, 1.82) is 0 Å². The van der Waals surface area contributed by atoms with Gasteiger partial charge in [0.2, 0.25) is 0 Å². The molecule has 3 rings (SSSR count). The van der Waals surface area contributed by atoms with Gasteiger partial charge in [0.25, 0.3) is 5.91 Å². The van der Waals surface area contributed by atoms with Gasteiger partial charge in [-0.25, -0.2) is 0 Å². The lowest BCUT2D eigenvalue weighted by Crippen LogP contribution is -2.58. The second-order valence-electron chi connectivity index (χ2n) is 7.70. The van der Waals surface area contributed by atoms with Gasteiger partial charge in [-0.2, -0.15) is 0 Å². The van der Waals surface area contributed by atoms with Crippen molar-refractivity contribution in [2.45, 2.75) is 25.4 Å². The molecule has 2 saturated heterocycles. The minimum absolute atomic E-state index is 0.0658. The maximum atomic E-state index is 12.9. The molecule has 0 radical (unpaired) electrons. The number of carbonyl (C=O) groups excluding carboxylic acids is 1. The summed E-state index contributed by atoms with van der Waals surface area (Å²) in [5.41, 5.74) is 0.683. The van der Waals surface area contributed by atoms with E-state index in [2.05, 4.69) is 19.0 Å². The van der Waals surface area contributed by atoms with Crippen LogP contribution in [0.15, 0.2) is 18.3 Å². The van der Waals surface area contributed by atoms with E-state index in [4.69, 9.17) is 9.47 Å². The maximum absolute atomic E-state index is 12.9. The highest BCUT2D eigenvalue weighted by Gasteiger charge is 2.47. The van der Waals surface area contributed by atoms with Gasteiger partial charge in [-0.15, -0.1) is 0 Å². The molecule has 2 aliphatic rings.